The lowest BCUT2D eigenvalue weighted by Gasteiger charge is -2.19. The van der Waals surface area contributed by atoms with Gasteiger partial charge in [-0.15, -0.1) is 0 Å². The molecule has 98 valence electrons. The SMILES string of the molecule is CC(C)(CNC(=O)Cc1ccc(N)cc1)C(=O)O. The molecule has 0 spiro atoms. The molecule has 18 heavy (non-hydrogen) atoms. The van der Waals surface area contributed by atoms with Crippen molar-refractivity contribution >= 4 is 17.6 Å². The van der Waals surface area contributed by atoms with Crippen LogP contribution in [0.15, 0.2) is 24.3 Å². The van der Waals surface area contributed by atoms with Crippen LogP contribution in [0.4, 0.5) is 5.69 Å². The van der Waals surface area contributed by atoms with Crippen molar-refractivity contribution < 1.29 is 14.7 Å². The van der Waals surface area contributed by atoms with Crippen LogP contribution >= 0.6 is 0 Å². The van der Waals surface area contributed by atoms with Gasteiger partial charge >= 0.3 is 5.97 Å². The van der Waals surface area contributed by atoms with Crippen LogP contribution in [0.1, 0.15) is 19.4 Å². The molecule has 0 aromatic heterocycles. The highest BCUT2D eigenvalue weighted by Crippen LogP contribution is 2.13. The number of amides is 1. The lowest BCUT2D eigenvalue weighted by Crippen LogP contribution is -2.39. The predicted octanol–water partition coefficient (Wildman–Crippen LogP) is 1.04. The molecule has 0 unspecified atom stereocenters. The van der Waals surface area contributed by atoms with Crippen LogP contribution in [0.3, 0.4) is 0 Å². The molecule has 0 radical (unpaired) electrons. The zero-order chi connectivity index (χ0) is 13.8. The minimum atomic E-state index is -0.962. The van der Waals surface area contributed by atoms with Crippen molar-refractivity contribution in [2.45, 2.75) is 20.3 Å². The fourth-order valence-corrected chi connectivity index (χ4v) is 1.28. The number of nitrogens with two attached hydrogens (primary N) is 1. The average molecular weight is 250 g/mol. The van der Waals surface area contributed by atoms with Crippen molar-refractivity contribution in [2.24, 2.45) is 5.41 Å². The molecule has 1 aromatic carbocycles. The number of hydrogen-bond acceptors (Lipinski definition) is 3. The van der Waals surface area contributed by atoms with Gasteiger partial charge in [0.05, 0.1) is 11.8 Å². The van der Waals surface area contributed by atoms with Gasteiger partial charge in [-0.05, 0) is 31.5 Å². The smallest absolute Gasteiger partial charge is 0.310 e. The van der Waals surface area contributed by atoms with E-state index in [1.54, 1.807) is 38.1 Å². The molecule has 0 aliphatic rings. The molecule has 0 atom stereocenters. The standard InChI is InChI=1S/C13H18N2O3/c1-13(2,12(17)18)8-15-11(16)7-9-3-5-10(14)6-4-9/h3-6H,7-8,14H2,1-2H3,(H,15,16)(H,17,18). The number of nitrogen functional groups attached to an aromatic ring is 1. The number of carboxylic acid groups (broad SMARTS) is 1. The van der Waals surface area contributed by atoms with E-state index in [1.807, 2.05) is 0 Å². The van der Waals surface area contributed by atoms with E-state index in [4.69, 9.17) is 10.8 Å². The van der Waals surface area contributed by atoms with E-state index in [2.05, 4.69) is 5.32 Å². The first-order valence-electron chi connectivity index (χ1n) is 5.66. The number of rotatable bonds is 5. The number of carboxylic acids is 1. The molecule has 0 heterocycles. The van der Waals surface area contributed by atoms with E-state index in [9.17, 15) is 9.59 Å². The van der Waals surface area contributed by atoms with Gasteiger partial charge in [0.25, 0.3) is 0 Å². The maximum Gasteiger partial charge on any atom is 0.310 e. The van der Waals surface area contributed by atoms with Gasteiger partial charge < -0.3 is 16.2 Å². The molecular formula is C13H18N2O3. The summed E-state index contributed by atoms with van der Waals surface area (Å²) in [6, 6.07) is 7.00. The number of carbonyl (C=O) groups excluding carboxylic acids is 1. The van der Waals surface area contributed by atoms with E-state index in [-0.39, 0.29) is 18.9 Å². The number of anilines is 1. The van der Waals surface area contributed by atoms with Crippen LogP contribution in [-0.2, 0) is 16.0 Å². The van der Waals surface area contributed by atoms with Crippen LogP contribution in [-0.4, -0.2) is 23.5 Å². The zero-order valence-corrected chi connectivity index (χ0v) is 10.6. The van der Waals surface area contributed by atoms with Gasteiger partial charge in [-0.2, -0.15) is 0 Å². The normalized spacial score (nSPS) is 11.0. The van der Waals surface area contributed by atoms with Gasteiger partial charge in [0, 0.05) is 12.2 Å². The maximum absolute atomic E-state index is 11.6. The zero-order valence-electron chi connectivity index (χ0n) is 10.6. The van der Waals surface area contributed by atoms with Gasteiger partial charge in [-0.1, -0.05) is 12.1 Å². The van der Waals surface area contributed by atoms with Crippen molar-refractivity contribution in [1.82, 2.24) is 5.32 Å². The average Bonchev–Trinajstić information content (AvgIpc) is 2.29. The van der Waals surface area contributed by atoms with E-state index in [0.717, 1.165) is 5.56 Å². The van der Waals surface area contributed by atoms with Gasteiger partial charge in [0.15, 0.2) is 0 Å². The van der Waals surface area contributed by atoms with Crippen molar-refractivity contribution in [3.63, 3.8) is 0 Å². The maximum atomic E-state index is 11.6. The lowest BCUT2D eigenvalue weighted by atomic mass is 9.94. The summed E-state index contributed by atoms with van der Waals surface area (Å²) in [6.07, 6.45) is 0.218. The molecule has 5 heteroatoms. The predicted molar refractivity (Wildman–Crippen MR) is 69.0 cm³/mol. The lowest BCUT2D eigenvalue weighted by molar-refractivity contribution is -0.146. The van der Waals surface area contributed by atoms with Crippen LogP contribution in [0.25, 0.3) is 0 Å². The Balaban J connectivity index is 2.48. The molecule has 4 N–H and O–H groups in total. The Morgan fingerprint density at radius 3 is 2.33 bits per heavy atom. The summed E-state index contributed by atoms with van der Waals surface area (Å²) in [4.78, 5) is 22.5. The number of hydrogen-bond donors (Lipinski definition) is 3. The minimum absolute atomic E-state index is 0.107. The Kier molecular flexibility index (Phi) is 4.31. The van der Waals surface area contributed by atoms with Crippen LogP contribution in [0, 0.1) is 5.41 Å². The number of carbonyl (C=O) groups is 2. The Labute approximate surface area is 106 Å². The minimum Gasteiger partial charge on any atom is -0.481 e. The van der Waals surface area contributed by atoms with E-state index in [0.29, 0.717) is 5.69 Å². The third-order valence-corrected chi connectivity index (χ3v) is 2.65. The third-order valence-electron chi connectivity index (χ3n) is 2.65. The van der Waals surface area contributed by atoms with Crippen LogP contribution < -0.4 is 11.1 Å². The first-order chi connectivity index (χ1) is 8.31. The molecule has 0 saturated carbocycles. The highest BCUT2D eigenvalue weighted by Gasteiger charge is 2.27. The van der Waals surface area contributed by atoms with E-state index in [1.165, 1.54) is 0 Å². The van der Waals surface area contributed by atoms with Gasteiger partial charge in [0.1, 0.15) is 0 Å². The van der Waals surface area contributed by atoms with Crippen molar-refractivity contribution in [3.05, 3.63) is 29.8 Å². The summed E-state index contributed by atoms with van der Waals surface area (Å²) in [6.45, 7) is 3.24. The summed E-state index contributed by atoms with van der Waals surface area (Å²) in [5, 5.41) is 11.5. The first-order valence-corrected chi connectivity index (χ1v) is 5.66. The van der Waals surface area contributed by atoms with Crippen molar-refractivity contribution in [2.75, 3.05) is 12.3 Å². The molecule has 0 aliphatic carbocycles. The Bertz CT molecular complexity index is 438. The Morgan fingerprint density at radius 1 is 1.28 bits per heavy atom. The second-order valence-electron chi connectivity index (χ2n) is 4.88. The fourth-order valence-electron chi connectivity index (χ4n) is 1.28. The summed E-state index contributed by atoms with van der Waals surface area (Å²) in [7, 11) is 0. The number of benzene rings is 1. The van der Waals surface area contributed by atoms with Gasteiger partial charge in [-0.3, -0.25) is 9.59 Å². The summed E-state index contributed by atoms with van der Waals surface area (Å²) in [5.41, 5.74) is 6.07. The molecule has 1 amide bonds. The number of nitrogens with one attached hydrogen (secondary N) is 1. The van der Waals surface area contributed by atoms with Gasteiger partial charge in [0.2, 0.25) is 5.91 Å². The third kappa shape index (κ3) is 4.08. The summed E-state index contributed by atoms with van der Waals surface area (Å²) < 4.78 is 0. The largest absolute Gasteiger partial charge is 0.481 e. The molecule has 1 aromatic rings. The topological polar surface area (TPSA) is 92.4 Å². The van der Waals surface area contributed by atoms with Crippen LogP contribution in [0.5, 0.6) is 0 Å². The molecule has 5 nitrogen and oxygen atoms in total. The monoisotopic (exact) mass is 250 g/mol. The Morgan fingerprint density at radius 2 is 1.83 bits per heavy atom. The highest BCUT2D eigenvalue weighted by atomic mass is 16.4. The summed E-state index contributed by atoms with van der Waals surface area (Å²) in [5.74, 6) is -1.13. The van der Waals surface area contributed by atoms with E-state index >= 15 is 0 Å². The molecule has 0 saturated heterocycles. The van der Waals surface area contributed by atoms with Crippen molar-refractivity contribution in [1.29, 1.82) is 0 Å². The quantitative estimate of drug-likeness (QED) is 0.681. The Hall–Kier alpha value is -2.04. The fraction of sp³-hybridized carbons (Fsp3) is 0.385. The first kappa shape index (κ1) is 14.0. The molecule has 0 fully saturated rings. The summed E-state index contributed by atoms with van der Waals surface area (Å²) >= 11 is 0. The molecule has 0 aliphatic heterocycles. The molecule has 1 rings (SSSR count). The number of aliphatic carboxylic acids is 1. The molecule has 0 bridgehead atoms. The highest BCUT2D eigenvalue weighted by molar-refractivity contribution is 5.80. The second kappa shape index (κ2) is 5.53. The second-order valence-corrected chi connectivity index (χ2v) is 4.88. The van der Waals surface area contributed by atoms with Crippen LogP contribution in [0.2, 0.25) is 0 Å². The van der Waals surface area contributed by atoms with Crippen molar-refractivity contribution in [3.8, 4) is 0 Å². The van der Waals surface area contributed by atoms with E-state index < -0.39 is 11.4 Å². The molecular weight excluding hydrogens is 232 g/mol. The van der Waals surface area contributed by atoms with Gasteiger partial charge in [-0.25, -0.2) is 0 Å².